The summed E-state index contributed by atoms with van der Waals surface area (Å²) in [7, 11) is 0. The predicted octanol–water partition coefficient (Wildman–Crippen LogP) is 7.50. The third-order valence-electron chi connectivity index (χ3n) is 6.15. The van der Waals surface area contributed by atoms with Crippen molar-refractivity contribution in [1.29, 1.82) is 0 Å². The van der Waals surface area contributed by atoms with Gasteiger partial charge in [0.1, 0.15) is 0 Å². The molecule has 1 atom stereocenters. The molecule has 0 aliphatic carbocycles. The first-order valence-corrected chi connectivity index (χ1v) is 10.7. The molecule has 31 heavy (non-hydrogen) atoms. The summed E-state index contributed by atoms with van der Waals surface area (Å²) >= 11 is 0. The van der Waals surface area contributed by atoms with Crippen LogP contribution < -0.4 is 0 Å². The molecule has 0 saturated carbocycles. The summed E-state index contributed by atoms with van der Waals surface area (Å²) in [6, 6.07) is 38.8. The largest absolute Gasteiger partial charge is 0.361 e. The molecule has 0 saturated heterocycles. The Bertz CT molecular complexity index is 1440. The van der Waals surface area contributed by atoms with Crippen LogP contribution in [0.5, 0.6) is 0 Å². The number of nitrogens with one attached hydrogen (secondary N) is 2. The summed E-state index contributed by atoms with van der Waals surface area (Å²) in [5.41, 5.74) is 8.58. The Labute approximate surface area is 181 Å². The van der Waals surface area contributed by atoms with Gasteiger partial charge in [0.15, 0.2) is 0 Å². The molecule has 148 valence electrons. The van der Waals surface area contributed by atoms with Gasteiger partial charge in [-0.3, -0.25) is 0 Å². The van der Waals surface area contributed by atoms with E-state index >= 15 is 0 Å². The van der Waals surface area contributed by atoms with Crippen LogP contribution in [0.4, 0.5) is 0 Å². The number of hydrogen-bond donors (Lipinski definition) is 2. The summed E-state index contributed by atoms with van der Waals surface area (Å²) in [5, 5.41) is 2.50. The number of hydrogen-bond acceptors (Lipinski definition) is 0. The molecular weight excluding hydrogens is 376 g/mol. The van der Waals surface area contributed by atoms with E-state index in [2.05, 4.69) is 125 Å². The molecule has 6 rings (SSSR count). The van der Waals surface area contributed by atoms with Gasteiger partial charge in [-0.1, -0.05) is 91.0 Å². The molecule has 2 heterocycles. The zero-order chi connectivity index (χ0) is 20.6. The molecule has 2 nitrogen and oxygen atoms in total. The molecule has 0 aliphatic heterocycles. The van der Waals surface area contributed by atoms with E-state index in [0.717, 1.165) is 0 Å². The molecule has 0 spiro atoms. The van der Waals surface area contributed by atoms with Crippen LogP contribution in [0.15, 0.2) is 115 Å². The Hall–Kier alpha value is -4.04. The minimum absolute atomic E-state index is 0.119. The molecular formula is C29H22N2. The summed E-state index contributed by atoms with van der Waals surface area (Å²) < 4.78 is 0. The lowest BCUT2D eigenvalue weighted by Gasteiger charge is -2.17. The highest BCUT2D eigenvalue weighted by atomic mass is 14.7. The Morgan fingerprint density at radius 3 is 2.06 bits per heavy atom. The summed E-state index contributed by atoms with van der Waals surface area (Å²) in [6.45, 7) is 0. The zero-order valence-corrected chi connectivity index (χ0v) is 17.0. The lowest BCUT2D eigenvalue weighted by molar-refractivity contribution is 0.948. The molecule has 2 aromatic heterocycles. The minimum atomic E-state index is 0.119. The zero-order valence-electron chi connectivity index (χ0n) is 17.0. The van der Waals surface area contributed by atoms with Gasteiger partial charge >= 0.3 is 0 Å². The van der Waals surface area contributed by atoms with E-state index in [1.807, 2.05) is 0 Å². The van der Waals surface area contributed by atoms with E-state index in [1.54, 1.807) is 0 Å². The third-order valence-corrected chi connectivity index (χ3v) is 6.15. The average molecular weight is 399 g/mol. The minimum Gasteiger partial charge on any atom is -0.361 e. The molecule has 4 aromatic carbocycles. The number of rotatable bonds is 4. The molecule has 0 bridgehead atoms. The number of para-hydroxylation sites is 2. The van der Waals surface area contributed by atoms with Crippen molar-refractivity contribution in [2.75, 3.05) is 0 Å². The maximum atomic E-state index is 3.68. The van der Waals surface area contributed by atoms with Gasteiger partial charge in [0.05, 0.1) is 5.92 Å². The highest BCUT2D eigenvalue weighted by Gasteiger charge is 2.22. The standard InChI is InChI=1S/C29H22N2/c1-2-8-20(9-3-1)21-14-16-22(17-15-21)29(25-19-30-27-13-7-5-11-24(25)27)28-18-23-10-4-6-12-26(23)31-28/h1-19,29-31H. The molecule has 0 radical (unpaired) electrons. The third kappa shape index (κ3) is 3.13. The Balaban J connectivity index is 1.52. The number of aromatic nitrogens is 2. The SMILES string of the molecule is c1ccc(-c2ccc(C(c3cc4ccccc4[nH]3)c3c[nH]c4ccccc34)cc2)cc1. The molecule has 2 N–H and O–H groups in total. The maximum Gasteiger partial charge on any atom is 0.0512 e. The summed E-state index contributed by atoms with van der Waals surface area (Å²) in [4.78, 5) is 7.14. The van der Waals surface area contributed by atoms with Crippen molar-refractivity contribution in [2.45, 2.75) is 5.92 Å². The number of aromatic amines is 2. The van der Waals surface area contributed by atoms with Crippen LogP contribution in [0.1, 0.15) is 22.7 Å². The second-order valence-corrected chi connectivity index (χ2v) is 8.02. The van der Waals surface area contributed by atoms with Gasteiger partial charge in [-0.25, -0.2) is 0 Å². The van der Waals surface area contributed by atoms with Gasteiger partial charge in [0.2, 0.25) is 0 Å². The van der Waals surface area contributed by atoms with Crippen molar-refractivity contribution in [2.24, 2.45) is 0 Å². The van der Waals surface area contributed by atoms with Crippen molar-refractivity contribution in [3.05, 3.63) is 132 Å². The van der Waals surface area contributed by atoms with Crippen LogP contribution in [-0.2, 0) is 0 Å². The van der Waals surface area contributed by atoms with Crippen LogP contribution in [0.25, 0.3) is 32.9 Å². The van der Waals surface area contributed by atoms with Crippen LogP contribution in [0.2, 0.25) is 0 Å². The average Bonchev–Trinajstić information content (AvgIpc) is 3.45. The first kappa shape index (κ1) is 17.8. The van der Waals surface area contributed by atoms with Crippen LogP contribution in [0.3, 0.4) is 0 Å². The van der Waals surface area contributed by atoms with E-state index < -0.39 is 0 Å². The fraction of sp³-hybridized carbons (Fsp3) is 0.0345. The highest BCUT2D eigenvalue weighted by molar-refractivity contribution is 5.86. The molecule has 1 unspecified atom stereocenters. The van der Waals surface area contributed by atoms with Gasteiger partial charge in [0, 0.05) is 28.3 Å². The first-order valence-electron chi connectivity index (χ1n) is 10.7. The predicted molar refractivity (Wildman–Crippen MR) is 129 cm³/mol. The van der Waals surface area contributed by atoms with Gasteiger partial charge in [-0.05, 0) is 45.8 Å². The lowest BCUT2D eigenvalue weighted by atomic mass is 9.87. The fourth-order valence-corrected chi connectivity index (χ4v) is 4.61. The molecule has 0 amide bonds. The van der Waals surface area contributed by atoms with Crippen molar-refractivity contribution in [3.8, 4) is 11.1 Å². The topological polar surface area (TPSA) is 31.6 Å². The van der Waals surface area contributed by atoms with Crippen molar-refractivity contribution >= 4 is 21.8 Å². The van der Waals surface area contributed by atoms with Gasteiger partial charge in [0.25, 0.3) is 0 Å². The number of benzene rings is 4. The van der Waals surface area contributed by atoms with Crippen molar-refractivity contribution < 1.29 is 0 Å². The molecule has 0 fully saturated rings. The Morgan fingerprint density at radius 2 is 1.26 bits per heavy atom. The van der Waals surface area contributed by atoms with Crippen molar-refractivity contribution in [1.82, 2.24) is 9.97 Å². The van der Waals surface area contributed by atoms with E-state index in [0.29, 0.717) is 0 Å². The van der Waals surface area contributed by atoms with E-state index in [1.165, 1.54) is 49.8 Å². The highest BCUT2D eigenvalue weighted by Crippen LogP contribution is 2.37. The number of H-pyrrole nitrogens is 2. The lowest BCUT2D eigenvalue weighted by Crippen LogP contribution is -2.03. The Kier molecular flexibility index (Phi) is 4.21. The summed E-state index contributed by atoms with van der Waals surface area (Å²) in [6.07, 6.45) is 2.16. The van der Waals surface area contributed by atoms with Crippen molar-refractivity contribution in [3.63, 3.8) is 0 Å². The second-order valence-electron chi connectivity index (χ2n) is 8.02. The van der Waals surface area contributed by atoms with Gasteiger partial charge < -0.3 is 9.97 Å². The van der Waals surface area contributed by atoms with Gasteiger partial charge in [-0.2, -0.15) is 0 Å². The van der Waals surface area contributed by atoms with E-state index in [9.17, 15) is 0 Å². The Morgan fingerprint density at radius 1 is 0.581 bits per heavy atom. The fourth-order valence-electron chi connectivity index (χ4n) is 4.61. The maximum absolute atomic E-state index is 3.68. The quantitative estimate of drug-likeness (QED) is 0.308. The van der Waals surface area contributed by atoms with E-state index in [4.69, 9.17) is 0 Å². The molecule has 6 aromatic rings. The van der Waals surface area contributed by atoms with E-state index in [-0.39, 0.29) is 5.92 Å². The molecule has 0 aliphatic rings. The summed E-state index contributed by atoms with van der Waals surface area (Å²) in [5.74, 6) is 0.119. The van der Waals surface area contributed by atoms with Crippen LogP contribution in [0, 0.1) is 0 Å². The first-order chi connectivity index (χ1) is 15.4. The second kappa shape index (κ2) is 7.33. The van der Waals surface area contributed by atoms with Gasteiger partial charge in [-0.15, -0.1) is 0 Å². The van der Waals surface area contributed by atoms with Crippen LogP contribution in [-0.4, -0.2) is 9.97 Å². The smallest absolute Gasteiger partial charge is 0.0512 e. The normalized spacial score (nSPS) is 12.4. The number of fused-ring (bicyclic) bond motifs is 2. The van der Waals surface area contributed by atoms with Crippen LogP contribution >= 0.6 is 0 Å². The monoisotopic (exact) mass is 398 g/mol. The molecule has 2 heteroatoms.